The first-order valence-electron chi connectivity index (χ1n) is 9.81. The summed E-state index contributed by atoms with van der Waals surface area (Å²) in [5.74, 6) is 0. The number of carbonyl (C=O) groups excluding carboxylic acids is 1. The first kappa shape index (κ1) is 20.7. The maximum atomic E-state index is 12.6. The quantitative estimate of drug-likeness (QED) is 0.831. The van der Waals surface area contributed by atoms with Gasteiger partial charge in [0.15, 0.2) is 0 Å². The van der Waals surface area contributed by atoms with E-state index in [-0.39, 0.29) is 26.1 Å². The van der Waals surface area contributed by atoms with Crippen molar-refractivity contribution < 1.29 is 9.90 Å². The molecule has 0 unspecified atom stereocenters. The Morgan fingerprint density at radius 2 is 1.71 bits per heavy atom. The van der Waals surface area contributed by atoms with E-state index in [0.29, 0.717) is 6.54 Å². The van der Waals surface area contributed by atoms with Gasteiger partial charge in [0.2, 0.25) is 0 Å². The zero-order valence-corrected chi connectivity index (χ0v) is 17.1. The van der Waals surface area contributed by atoms with E-state index in [0.717, 1.165) is 44.6 Å². The van der Waals surface area contributed by atoms with Crippen LogP contribution >= 0.6 is 13.5 Å². The number of carbonyl (C=O) groups is 1. The van der Waals surface area contributed by atoms with E-state index in [9.17, 15) is 9.90 Å². The lowest BCUT2D eigenvalue weighted by Crippen LogP contribution is -2.47. The van der Waals surface area contributed by atoms with Gasteiger partial charge in [0.05, 0.1) is 6.10 Å². The summed E-state index contributed by atoms with van der Waals surface area (Å²) in [6.45, 7) is 3.38. The minimum absolute atomic E-state index is 0. The number of rotatable bonds is 4. The molecule has 2 aromatic carbocycles. The molecular weight excluding hydrogens is 370 g/mol. The molecule has 2 amide bonds. The SMILES string of the molecule is O=C(NC[C@H](O)CN1CCc2ccccc2C1)N1CCCc2ccccc21.S. The third-order valence-electron chi connectivity index (χ3n) is 5.52. The number of nitrogens with zero attached hydrogens (tertiary/aromatic N) is 2. The summed E-state index contributed by atoms with van der Waals surface area (Å²) in [6.07, 6.45) is 2.43. The molecule has 1 atom stereocenters. The van der Waals surface area contributed by atoms with Gasteiger partial charge in [-0.05, 0) is 42.0 Å². The first-order valence-corrected chi connectivity index (χ1v) is 9.81. The Kier molecular flexibility index (Phi) is 6.99. The van der Waals surface area contributed by atoms with Gasteiger partial charge >= 0.3 is 6.03 Å². The van der Waals surface area contributed by atoms with Gasteiger partial charge in [0.1, 0.15) is 0 Å². The molecule has 2 heterocycles. The van der Waals surface area contributed by atoms with Gasteiger partial charge in [-0.1, -0.05) is 42.5 Å². The number of para-hydroxylation sites is 1. The van der Waals surface area contributed by atoms with E-state index in [2.05, 4.69) is 40.5 Å². The Hall–Kier alpha value is -2.02. The molecule has 2 N–H and O–H groups in total. The molecule has 6 heteroatoms. The Labute approximate surface area is 173 Å². The Balaban J connectivity index is 0.00000225. The first-order chi connectivity index (χ1) is 13.2. The van der Waals surface area contributed by atoms with Crippen LogP contribution in [0.15, 0.2) is 48.5 Å². The summed E-state index contributed by atoms with van der Waals surface area (Å²) in [7, 11) is 0. The molecule has 0 radical (unpaired) electrons. The van der Waals surface area contributed by atoms with Gasteiger partial charge in [-0.25, -0.2) is 4.79 Å². The van der Waals surface area contributed by atoms with Crippen LogP contribution in [0, 0.1) is 0 Å². The number of urea groups is 1. The van der Waals surface area contributed by atoms with Crippen molar-refractivity contribution in [1.82, 2.24) is 10.2 Å². The van der Waals surface area contributed by atoms with Gasteiger partial charge in [-0.2, -0.15) is 13.5 Å². The second kappa shape index (κ2) is 9.45. The highest BCUT2D eigenvalue weighted by Gasteiger charge is 2.23. The minimum atomic E-state index is -0.570. The summed E-state index contributed by atoms with van der Waals surface area (Å²) in [5.41, 5.74) is 4.94. The number of nitrogens with one attached hydrogen (secondary N) is 1. The molecule has 28 heavy (non-hydrogen) atoms. The lowest BCUT2D eigenvalue weighted by molar-refractivity contribution is 0.106. The number of aryl methyl sites for hydroxylation is 1. The van der Waals surface area contributed by atoms with Crippen molar-refractivity contribution in [2.24, 2.45) is 0 Å². The van der Waals surface area contributed by atoms with E-state index in [1.165, 1.54) is 16.7 Å². The minimum Gasteiger partial charge on any atom is -0.390 e. The molecule has 2 aromatic rings. The van der Waals surface area contributed by atoms with Crippen LogP contribution in [0.2, 0.25) is 0 Å². The monoisotopic (exact) mass is 399 g/mol. The number of β-amino-alcohol motifs (C(OH)–C–C–N with tert-alkyl or cyclic N) is 1. The number of aliphatic hydroxyl groups is 1. The van der Waals surface area contributed by atoms with Gasteiger partial charge in [-0.15, -0.1) is 0 Å². The largest absolute Gasteiger partial charge is 0.390 e. The third-order valence-corrected chi connectivity index (χ3v) is 5.52. The second-order valence-corrected chi connectivity index (χ2v) is 7.48. The highest BCUT2D eigenvalue weighted by Crippen LogP contribution is 2.26. The zero-order chi connectivity index (χ0) is 18.6. The topological polar surface area (TPSA) is 55.8 Å². The van der Waals surface area contributed by atoms with Gasteiger partial charge in [0.25, 0.3) is 0 Å². The van der Waals surface area contributed by atoms with Crippen molar-refractivity contribution in [2.75, 3.05) is 31.1 Å². The summed E-state index contributed by atoms with van der Waals surface area (Å²) in [5, 5.41) is 13.3. The lowest BCUT2D eigenvalue weighted by Gasteiger charge is -2.31. The standard InChI is InChI=1S/C22H27N3O2.H2S/c26-20(16-24-13-11-17-6-1-2-8-19(17)15-24)14-23-22(27)25-12-5-9-18-7-3-4-10-21(18)25;/h1-4,6-8,10,20,26H,5,9,11-16H2,(H,23,27);1H2/t20-;/m0./s1. The number of aliphatic hydroxyl groups excluding tert-OH is 1. The predicted molar refractivity (Wildman–Crippen MR) is 117 cm³/mol. The zero-order valence-electron chi connectivity index (χ0n) is 16.1. The fourth-order valence-electron chi connectivity index (χ4n) is 4.12. The van der Waals surface area contributed by atoms with E-state index >= 15 is 0 Å². The molecule has 2 aliphatic heterocycles. The molecule has 0 aromatic heterocycles. The number of hydrogen-bond donors (Lipinski definition) is 2. The maximum absolute atomic E-state index is 12.6. The number of benzene rings is 2. The van der Waals surface area contributed by atoms with Crippen molar-refractivity contribution in [3.05, 3.63) is 65.2 Å². The van der Waals surface area contributed by atoms with Crippen LogP contribution in [0.3, 0.4) is 0 Å². The Morgan fingerprint density at radius 1 is 1.00 bits per heavy atom. The Morgan fingerprint density at radius 3 is 2.54 bits per heavy atom. The number of anilines is 1. The average Bonchev–Trinajstić information content (AvgIpc) is 2.71. The van der Waals surface area contributed by atoms with Crippen LogP contribution in [0.4, 0.5) is 10.5 Å². The fourth-order valence-corrected chi connectivity index (χ4v) is 4.12. The van der Waals surface area contributed by atoms with E-state index in [1.54, 1.807) is 4.90 Å². The molecule has 0 saturated carbocycles. The number of amides is 2. The second-order valence-electron chi connectivity index (χ2n) is 7.48. The Bertz CT molecular complexity index is 814. The predicted octanol–water partition coefficient (Wildman–Crippen LogP) is 2.68. The van der Waals surface area contributed by atoms with E-state index < -0.39 is 6.10 Å². The van der Waals surface area contributed by atoms with Crippen LogP contribution < -0.4 is 10.2 Å². The number of fused-ring (bicyclic) bond motifs is 2. The molecular formula is C22H29N3O2S. The molecule has 0 fully saturated rings. The van der Waals surface area contributed by atoms with Crippen molar-refractivity contribution >= 4 is 25.2 Å². The maximum Gasteiger partial charge on any atom is 0.321 e. The summed E-state index contributed by atoms with van der Waals surface area (Å²) >= 11 is 0. The van der Waals surface area contributed by atoms with Crippen LogP contribution in [0.5, 0.6) is 0 Å². The van der Waals surface area contributed by atoms with Crippen molar-refractivity contribution in [3.8, 4) is 0 Å². The van der Waals surface area contributed by atoms with Gasteiger partial charge in [0, 0.05) is 38.4 Å². The molecule has 0 aliphatic carbocycles. The van der Waals surface area contributed by atoms with Crippen LogP contribution in [0.1, 0.15) is 23.1 Å². The highest BCUT2D eigenvalue weighted by atomic mass is 32.1. The molecule has 5 nitrogen and oxygen atoms in total. The smallest absolute Gasteiger partial charge is 0.321 e. The molecule has 150 valence electrons. The van der Waals surface area contributed by atoms with Gasteiger partial charge < -0.3 is 10.4 Å². The molecule has 0 bridgehead atoms. The highest BCUT2D eigenvalue weighted by molar-refractivity contribution is 7.59. The lowest BCUT2D eigenvalue weighted by atomic mass is 10.00. The summed E-state index contributed by atoms with van der Waals surface area (Å²) < 4.78 is 0. The third kappa shape index (κ3) is 4.69. The molecule has 4 rings (SSSR count). The van der Waals surface area contributed by atoms with Crippen LogP contribution in [-0.2, 0) is 19.4 Å². The van der Waals surface area contributed by atoms with Crippen molar-refractivity contribution in [2.45, 2.75) is 31.9 Å². The average molecular weight is 400 g/mol. The number of hydrogen-bond acceptors (Lipinski definition) is 3. The molecule has 2 aliphatic rings. The summed E-state index contributed by atoms with van der Waals surface area (Å²) in [4.78, 5) is 16.7. The summed E-state index contributed by atoms with van der Waals surface area (Å²) in [6, 6.07) is 16.4. The van der Waals surface area contributed by atoms with E-state index in [1.807, 2.05) is 18.2 Å². The van der Waals surface area contributed by atoms with Gasteiger partial charge in [-0.3, -0.25) is 9.80 Å². The van der Waals surface area contributed by atoms with Crippen LogP contribution in [-0.4, -0.2) is 48.3 Å². The van der Waals surface area contributed by atoms with Crippen molar-refractivity contribution in [3.63, 3.8) is 0 Å². The van der Waals surface area contributed by atoms with Crippen LogP contribution in [0.25, 0.3) is 0 Å². The fraction of sp³-hybridized carbons (Fsp3) is 0.409. The molecule has 0 spiro atoms. The molecule has 0 saturated heterocycles. The van der Waals surface area contributed by atoms with Crippen molar-refractivity contribution in [1.29, 1.82) is 0 Å². The normalized spacial score (nSPS) is 17.1. The van der Waals surface area contributed by atoms with E-state index in [4.69, 9.17) is 0 Å².